The second kappa shape index (κ2) is 7.42. The number of hydrogen-bond donors (Lipinski definition) is 1. The van der Waals surface area contributed by atoms with Gasteiger partial charge in [0, 0.05) is 12.1 Å². The Labute approximate surface area is 141 Å². The third kappa shape index (κ3) is 3.98. The molecule has 0 atom stereocenters. The van der Waals surface area contributed by atoms with Gasteiger partial charge in [-0.1, -0.05) is 30.3 Å². The highest BCUT2D eigenvalue weighted by molar-refractivity contribution is 5.61. The molecule has 0 unspecified atom stereocenters. The zero-order valence-corrected chi connectivity index (χ0v) is 13.5. The van der Waals surface area contributed by atoms with Gasteiger partial charge in [0.05, 0.1) is 18.5 Å². The summed E-state index contributed by atoms with van der Waals surface area (Å²) in [4.78, 5) is 0. The first-order chi connectivity index (χ1) is 11.7. The average Bonchev–Trinajstić information content (AvgIpc) is 2.62. The molecule has 1 aliphatic rings. The van der Waals surface area contributed by atoms with E-state index in [-0.39, 0.29) is 0 Å². The summed E-state index contributed by atoms with van der Waals surface area (Å²) in [5.41, 5.74) is 10.5. The van der Waals surface area contributed by atoms with Crippen molar-refractivity contribution in [3.8, 4) is 5.75 Å². The number of hydrogen-bond acceptors (Lipinski definition) is 4. The first kappa shape index (κ1) is 15.7. The third-order valence-electron chi connectivity index (χ3n) is 3.66. The van der Waals surface area contributed by atoms with E-state index in [2.05, 4.69) is 16.3 Å². The molecule has 0 radical (unpaired) electrons. The molecule has 0 saturated carbocycles. The van der Waals surface area contributed by atoms with Crippen LogP contribution in [-0.2, 0) is 0 Å². The minimum absolute atomic E-state index is 0.658. The molecule has 2 N–H and O–H groups in total. The third-order valence-corrected chi connectivity index (χ3v) is 3.66. The Morgan fingerprint density at radius 3 is 2.42 bits per heavy atom. The molecule has 0 aromatic heterocycles. The molecule has 120 valence electrons. The molecule has 0 heterocycles. The van der Waals surface area contributed by atoms with Crippen LogP contribution < -0.4 is 10.5 Å². The molecule has 4 heteroatoms. The fraction of sp³-hybridized carbons (Fsp3) is 0.100. The monoisotopic (exact) mass is 317 g/mol. The van der Waals surface area contributed by atoms with Gasteiger partial charge < -0.3 is 10.5 Å². The van der Waals surface area contributed by atoms with E-state index in [1.165, 1.54) is 0 Å². The van der Waals surface area contributed by atoms with E-state index in [9.17, 15) is 0 Å². The zero-order valence-electron chi connectivity index (χ0n) is 13.5. The highest BCUT2D eigenvalue weighted by Crippen LogP contribution is 2.27. The molecular formula is C20H19N3O. The maximum atomic E-state index is 5.98. The largest absolute Gasteiger partial charge is 0.497 e. The average molecular weight is 317 g/mol. The Bertz CT molecular complexity index is 816. The first-order valence-electron chi connectivity index (χ1n) is 7.73. The van der Waals surface area contributed by atoms with Crippen LogP contribution in [0.1, 0.15) is 12.0 Å². The molecule has 2 aromatic carbocycles. The molecule has 2 aromatic rings. The van der Waals surface area contributed by atoms with E-state index in [0.717, 1.165) is 34.0 Å². The maximum Gasteiger partial charge on any atom is 0.118 e. The van der Waals surface area contributed by atoms with E-state index in [1.807, 2.05) is 66.7 Å². The summed E-state index contributed by atoms with van der Waals surface area (Å²) in [5, 5.41) is 8.69. The topological polar surface area (TPSA) is 60.0 Å². The molecule has 0 fully saturated rings. The number of rotatable bonds is 4. The van der Waals surface area contributed by atoms with Gasteiger partial charge in [0.15, 0.2) is 0 Å². The van der Waals surface area contributed by atoms with Crippen LogP contribution in [0, 0.1) is 0 Å². The molecule has 1 aliphatic carbocycles. The number of benzene rings is 2. The van der Waals surface area contributed by atoms with Crippen molar-refractivity contribution in [3.63, 3.8) is 0 Å². The Hall–Kier alpha value is -3.14. The molecule has 3 rings (SSSR count). The molecule has 0 spiro atoms. The van der Waals surface area contributed by atoms with E-state index in [1.54, 1.807) is 7.11 Å². The lowest BCUT2D eigenvalue weighted by Crippen LogP contribution is -2.03. The van der Waals surface area contributed by atoms with Crippen LogP contribution in [0.5, 0.6) is 5.75 Å². The highest BCUT2D eigenvalue weighted by atomic mass is 16.5. The fourth-order valence-corrected chi connectivity index (χ4v) is 2.39. The Balaban J connectivity index is 1.87. The quantitative estimate of drug-likeness (QED) is 0.807. The number of nitrogens with zero attached hydrogens (tertiary/aromatic N) is 2. The first-order valence-corrected chi connectivity index (χ1v) is 7.73. The van der Waals surface area contributed by atoms with Crippen molar-refractivity contribution in [2.24, 2.45) is 16.0 Å². The molecular weight excluding hydrogens is 298 g/mol. The normalized spacial score (nSPS) is 16.1. The molecule has 0 aliphatic heterocycles. The van der Waals surface area contributed by atoms with Gasteiger partial charge in [-0.3, -0.25) is 0 Å². The second-order valence-electron chi connectivity index (χ2n) is 5.45. The Kier molecular flexibility index (Phi) is 4.87. The molecule has 0 saturated heterocycles. The van der Waals surface area contributed by atoms with Crippen LogP contribution in [0.25, 0.3) is 6.08 Å². The van der Waals surface area contributed by atoms with Crippen LogP contribution in [0.2, 0.25) is 0 Å². The predicted octanol–water partition coefficient (Wildman–Crippen LogP) is 4.99. The van der Waals surface area contributed by atoms with Crippen molar-refractivity contribution in [1.29, 1.82) is 0 Å². The number of azo groups is 1. The second-order valence-corrected chi connectivity index (χ2v) is 5.45. The molecule has 0 amide bonds. The summed E-state index contributed by atoms with van der Waals surface area (Å²) < 4.78 is 5.19. The number of methoxy groups -OCH3 is 1. The highest BCUT2D eigenvalue weighted by Gasteiger charge is 2.10. The summed E-state index contributed by atoms with van der Waals surface area (Å²) in [7, 11) is 1.66. The van der Waals surface area contributed by atoms with Crippen molar-refractivity contribution in [2.45, 2.75) is 6.42 Å². The van der Waals surface area contributed by atoms with Crippen molar-refractivity contribution >= 4 is 11.8 Å². The molecule has 4 nitrogen and oxygen atoms in total. The Morgan fingerprint density at radius 1 is 0.958 bits per heavy atom. The molecule has 0 bridgehead atoms. The van der Waals surface area contributed by atoms with Crippen LogP contribution in [0.15, 0.2) is 93.9 Å². The van der Waals surface area contributed by atoms with E-state index < -0.39 is 0 Å². The van der Waals surface area contributed by atoms with Crippen LogP contribution in [-0.4, -0.2) is 7.11 Å². The number of nitrogens with two attached hydrogens (primary N) is 1. The zero-order chi connectivity index (χ0) is 16.8. The van der Waals surface area contributed by atoms with Crippen LogP contribution in [0.3, 0.4) is 0 Å². The van der Waals surface area contributed by atoms with E-state index >= 15 is 0 Å². The summed E-state index contributed by atoms with van der Waals surface area (Å²) in [5.74, 6) is 0.833. The molecule has 24 heavy (non-hydrogen) atoms. The lowest BCUT2D eigenvalue weighted by atomic mass is 9.99. The minimum atomic E-state index is 0.658. The minimum Gasteiger partial charge on any atom is -0.497 e. The lowest BCUT2D eigenvalue weighted by molar-refractivity contribution is 0.415. The predicted molar refractivity (Wildman–Crippen MR) is 96.9 cm³/mol. The van der Waals surface area contributed by atoms with Gasteiger partial charge in [-0.05, 0) is 53.6 Å². The fourth-order valence-electron chi connectivity index (χ4n) is 2.39. The number of allylic oxidation sites excluding steroid dienone is 4. The van der Waals surface area contributed by atoms with Gasteiger partial charge in [-0.15, -0.1) is 0 Å². The number of ether oxygens (including phenoxy) is 1. The van der Waals surface area contributed by atoms with Crippen molar-refractivity contribution in [2.75, 3.05) is 7.11 Å². The van der Waals surface area contributed by atoms with Crippen LogP contribution >= 0.6 is 0 Å². The van der Waals surface area contributed by atoms with E-state index in [4.69, 9.17) is 10.5 Å². The van der Waals surface area contributed by atoms with Gasteiger partial charge >= 0.3 is 0 Å². The van der Waals surface area contributed by atoms with Gasteiger partial charge in [0.1, 0.15) is 5.75 Å². The van der Waals surface area contributed by atoms with Crippen LogP contribution in [0.4, 0.5) is 5.69 Å². The smallest absolute Gasteiger partial charge is 0.118 e. The standard InChI is InChI=1S/C20H19N3O/c1-24-19-10-7-15(8-11-19)13-16-14-17(21)9-12-20(16)23-22-18-5-3-2-4-6-18/h2-13H,14,21H2,1H3. The summed E-state index contributed by atoms with van der Waals surface area (Å²) in [6, 6.07) is 17.6. The Morgan fingerprint density at radius 2 is 1.71 bits per heavy atom. The van der Waals surface area contributed by atoms with Crippen molar-refractivity contribution in [1.82, 2.24) is 0 Å². The van der Waals surface area contributed by atoms with Crippen molar-refractivity contribution < 1.29 is 4.74 Å². The summed E-state index contributed by atoms with van der Waals surface area (Å²) in [6.45, 7) is 0. The van der Waals surface area contributed by atoms with Gasteiger partial charge in [-0.25, -0.2) is 0 Å². The van der Waals surface area contributed by atoms with Gasteiger partial charge in [0.25, 0.3) is 0 Å². The summed E-state index contributed by atoms with van der Waals surface area (Å²) >= 11 is 0. The lowest BCUT2D eigenvalue weighted by Gasteiger charge is -2.12. The summed E-state index contributed by atoms with van der Waals surface area (Å²) in [6.07, 6.45) is 6.52. The maximum absolute atomic E-state index is 5.98. The van der Waals surface area contributed by atoms with Gasteiger partial charge in [0.2, 0.25) is 0 Å². The SMILES string of the molecule is COc1ccc(C=C2CC(N)=CC=C2N=Nc2ccccc2)cc1. The van der Waals surface area contributed by atoms with E-state index in [0.29, 0.717) is 6.42 Å². The van der Waals surface area contributed by atoms with Gasteiger partial charge in [-0.2, -0.15) is 10.2 Å². The van der Waals surface area contributed by atoms with Crippen molar-refractivity contribution in [3.05, 3.63) is 89.3 Å².